The van der Waals surface area contributed by atoms with Gasteiger partial charge in [-0.05, 0) is 36.3 Å². The van der Waals surface area contributed by atoms with Crippen LogP contribution in [0.3, 0.4) is 0 Å². The number of hydrogen-bond acceptors (Lipinski definition) is 1. The lowest BCUT2D eigenvalue weighted by Gasteiger charge is -2.21. The molecule has 1 aromatic carbocycles. The fourth-order valence-electron chi connectivity index (χ4n) is 2.33. The van der Waals surface area contributed by atoms with Crippen molar-refractivity contribution in [1.29, 1.82) is 0 Å². The fourth-order valence-corrected chi connectivity index (χ4v) is 2.33. The van der Waals surface area contributed by atoms with Crippen molar-refractivity contribution in [2.24, 2.45) is 0 Å². The summed E-state index contributed by atoms with van der Waals surface area (Å²) in [4.78, 5) is 11.4. The van der Waals surface area contributed by atoms with Crippen molar-refractivity contribution in [3.63, 3.8) is 0 Å². The Kier molecular flexibility index (Phi) is 3.20. The number of rotatable bonds is 2. The van der Waals surface area contributed by atoms with Crippen LogP contribution in [-0.2, 0) is 11.2 Å². The van der Waals surface area contributed by atoms with Crippen molar-refractivity contribution >= 4 is 5.78 Å². The summed E-state index contributed by atoms with van der Waals surface area (Å²) in [5.41, 5.74) is 2.72. The first-order chi connectivity index (χ1) is 7.29. The smallest absolute Gasteiger partial charge is 0.133 e. The van der Waals surface area contributed by atoms with Gasteiger partial charge < -0.3 is 0 Å². The number of Topliss-reactive ketones (excluding diaryl/α,β-unsaturated/α-hetero) is 1. The molecule has 1 atom stereocenters. The first-order valence-corrected chi connectivity index (χ1v) is 5.90. The van der Waals surface area contributed by atoms with E-state index in [0.717, 1.165) is 25.7 Å². The molecule has 1 fully saturated rings. The van der Waals surface area contributed by atoms with Crippen molar-refractivity contribution in [2.45, 2.75) is 44.9 Å². The van der Waals surface area contributed by atoms with Gasteiger partial charge in [0.15, 0.2) is 0 Å². The van der Waals surface area contributed by atoms with Crippen molar-refractivity contribution in [3.8, 4) is 0 Å². The molecule has 0 unspecified atom stereocenters. The quantitative estimate of drug-likeness (QED) is 0.717. The van der Waals surface area contributed by atoms with Crippen molar-refractivity contribution in [2.75, 3.05) is 0 Å². The molecule has 0 radical (unpaired) electrons. The molecule has 1 heteroatoms. The van der Waals surface area contributed by atoms with Crippen LogP contribution in [0.2, 0.25) is 0 Å². The summed E-state index contributed by atoms with van der Waals surface area (Å²) in [6.45, 7) is 2.17. The minimum absolute atomic E-state index is 0.436. The Hall–Kier alpha value is -1.11. The summed E-state index contributed by atoms with van der Waals surface area (Å²) >= 11 is 0. The van der Waals surface area contributed by atoms with Crippen LogP contribution in [0.15, 0.2) is 24.3 Å². The molecule has 0 heterocycles. The van der Waals surface area contributed by atoms with E-state index in [1.165, 1.54) is 17.5 Å². The van der Waals surface area contributed by atoms with E-state index < -0.39 is 0 Å². The van der Waals surface area contributed by atoms with Gasteiger partial charge in [-0.3, -0.25) is 4.79 Å². The molecule has 1 nitrogen and oxygen atoms in total. The zero-order valence-electron chi connectivity index (χ0n) is 9.33. The van der Waals surface area contributed by atoms with Crippen LogP contribution in [0, 0.1) is 0 Å². The molecular weight excluding hydrogens is 184 g/mol. The molecule has 0 N–H and O–H groups in total. The Morgan fingerprint density at radius 1 is 1.27 bits per heavy atom. The second-order valence-electron chi connectivity index (χ2n) is 4.43. The third kappa shape index (κ3) is 2.47. The molecule has 0 saturated heterocycles. The highest BCUT2D eigenvalue weighted by molar-refractivity contribution is 5.80. The normalized spacial score (nSPS) is 21.7. The van der Waals surface area contributed by atoms with Gasteiger partial charge in [-0.25, -0.2) is 0 Å². The van der Waals surface area contributed by atoms with Crippen LogP contribution in [0.25, 0.3) is 0 Å². The molecule has 0 spiro atoms. The van der Waals surface area contributed by atoms with Gasteiger partial charge in [0.1, 0.15) is 5.78 Å². The zero-order valence-corrected chi connectivity index (χ0v) is 9.33. The number of hydrogen-bond donors (Lipinski definition) is 0. The van der Waals surface area contributed by atoms with E-state index in [0.29, 0.717) is 11.7 Å². The van der Waals surface area contributed by atoms with Crippen molar-refractivity contribution in [1.82, 2.24) is 0 Å². The minimum atomic E-state index is 0.436. The highest BCUT2D eigenvalue weighted by Crippen LogP contribution is 2.30. The third-order valence-electron chi connectivity index (χ3n) is 3.34. The highest BCUT2D eigenvalue weighted by Gasteiger charge is 2.20. The maximum atomic E-state index is 11.4. The molecule has 80 valence electrons. The highest BCUT2D eigenvalue weighted by atomic mass is 16.1. The van der Waals surface area contributed by atoms with Gasteiger partial charge in [-0.1, -0.05) is 31.2 Å². The Morgan fingerprint density at radius 2 is 2.00 bits per heavy atom. The monoisotopic (exact) mass is 202 g/mol. The lowest BCUT2D eigenvalue weighted by atomic mass is 9.83. The van der Waals surface area contributed by atoms with Crippen LogP contribution in [0.5, 0.6) is 0 Å². The zero-order chi connectivity index (χ0) is 10.7. The summed E-state index contributed by atoms with van der Waals surface area (Å²) in [6, 6.07) is 8.77. The molecule has 1 aromatic rings. The van der Waals surface area contributed by atoms with Crippen LogP contribution in [0.1, 0.15) is 49.7 Å². The van der Waals surface area contributed by atoms with Crippen molar-refractivity contribution < 1.29 is 4.79 Å². The van der Waals surface area contributed by atoms with Gasteiger partial charge in [-0.15, -0.1) is 0 Å². The first-order valence-electron chi connectivity index (χ1n) is 5.90. The van der Waals surface area contributed by atoms with Crippen LogP contribution in [0.4, 0.5) is 0 Å². The summed E-state index contributed by atoms with van der Waals surface area (Å²) in [5, 5.41) is 0. The van der Waals surface area contributed by atoms with E-state index >= 15 is 0 Å². The number of carbonyl (C=O) groups is 1. The summed E-state index contributed by atoms with van der Waals surface area (Å²) in [5.74, 6) is 0.919. The standard InChI is InChI=1S/C14H18O/c1-2-11-6-8-12(9-7-11)13-4-3-5-14(15)10-13/h6-9,13H,2-5,10H2,1H3/t13-/m1/s1. The van der Waals surface area contributed by atoms with E-state index in [4.69, 9.17) is 0 Å². The third-order valence-corrected chi connectivity index (χ3v) is 3.34. The average molecular weight is 202 g/mol. The average Bonchev–Trinajstić information content (AvgIpc) is 2.29. The summed E-state index contributed by atoms with van der Waals surface area (Å²) in [7, 11) is 0. The largest absolute Gasteiger partial charge is 0.300 e. The predicted molar refractivity (Wildman–Crippen MR) is 62.0 cm³/mol. The van der Waals surface area contributed by atoms with Crippen LogP contribution >= 0.6 is 0 Å². The molecule has 2 rings (SSSR count). The molecule has 1 saturated carbocycles. The fraction of sp³-hybridized carbons (Fsp3) is 0.500. The van der Waals surface area contributed by atoms with Crippen molar-refractivity contribution in [3.05, 3.63) is 35.4 Å². The van der Waals surface area contributed by atoms with Gasteiger partial charge in [0, 0.05) is 12.8 Å². The number of benzene rings is 1. The van der Waals surface area contributed by atoms with Crippen LogP contribution in [-0.4, -0.2) is 5.78 Å². The molecule has 0 aromatic heterocycles. The lowest BCUT2D eigenvalue weighted by molar-refractivity contribution is -0.120. The second kappa shape index (κ2) is 4.61. The summed E-state index contributed by atoms with van der Waals surface area (Å²) in [6.07, 6.45) is 4.88. The topological polar surface area (TPSA) is 17.1 Å². The Labute approximate surface area is 91.5 Å². The number of carbonyl (C=O) groups excluding carboxylic acids is 1. The predicted octanol–water partition coefficient (Wildman–Crippen LogP) is 3.48. The molecule has 1 aliphatic carbocycles. The van der Waals surface area contributed by atoms with Gasteiger partial charge in [-0.2, -0.15) is 0 Å². The molecule has 0 aliphatic heterocycles. The molecular formula is C14H18O. The Bertz CT molecular complexity index is 337. The molecule has 0 bridgehead atoms. The van der Waals surface area contributed by atoms with Gasteiger partial charge in [0.2, 0.25) is 0 Å². The van der Waals surface area contributed by atoms with E-state index in [2.05, 4.69) is 31.2 Å². The SMILES string of the molecule is CCc1ccc([C@@H]2CCCC(=O)C2)cc1. The first kappa shape index (κ1) is 10.4. The van der Waals surface area contributed by atoms with E-state index in [9.17, 15) is 4.79 Å². The van der Waals surface area contributed by atoms with Crippen LogP contribution < -0.4 is 0 Å². The minimum Gasteiger partial charge on any atom is -0.300 e. The molecule has 0 amide bonds. The number of ketones is 1. The molecule has 15 heavy (non-hydrogen) atoms. The Balaban J connectivity index is 2.11. The maximum absolute atomic E-state index is 11.4. The Morgan fingerprint density at radius 3 is 2.60 bits per heavy atom. The lowest BCUT2D eigenvalue weighted by Crippen LogP contribution is -2.13. The maximum Gasteiger partial charge on any atom is 0.133 e. The second-order valence-corrected chi connectivity index (χ2v) is 4.43. The van der Waals surface area contributed by atoms with Gasteiger partial charge in [0.25, 0.3) is 0 Å². The van der Waals surface area contributed by atoms with Gasteiger partial charge >= 0.3 is 0 Å². The van der Waals surface area contributed by atoms with E-state index in [1.54, 1.807) is 0 Å². The van der Waals surface area contributed by atoms with Gasteiger partial charge in [0.05, 0.1) is 0 Å². The summed E-state index contributed by atoms with van der Waals surface area (Å²) < 4.78 is 0. The molecule has 1 aliphatic rings. The van der Waals surface area contributed by atoms with E-state index in [1.807, 2.05) is 0 Å². The number of aryl methyl sites for hydroxylation is 1. The van der Waals surface area contributed by atoms with E-state index in [-0.39, 0.29) is 0 Å².